The van der Waals surface area contributed by atoms with E-state index in [1.807, 2.05) is 0 Å². The summed E-state index contributed by atoms with van der Waals surface area (Å²) in [5, 5.41) is 6.62. The Hall–Kier alpha value is -0.610. The van der Waals surface area contributed by atoms with Gasteiger partial charge in [-0.25, -0.2) is 0 Å². The summed E-state index contributed by atoms with van der Waals surface area (Å²) in [5.41, 5.74) is 0. The molecule has 0 aromatic heterocycles. The predicted molar refractivity (Wildman–Crippen MR) is 71.4 cm³/mol. The highest BCUT2D eigenvalue weighted by Crippen LogP contribution is 2.27. The third kappa shape index (κ3) is 2.69. The molecule has 1 amide bonds. The molecule has 3 aliphatic rings. The summed E-state index contributed by atoms with van der Waals surface area (Å²) in [7, 11) is 0. The van der Waals surface area contributed by atoms with Crippen molar-refractivity contribution in [2.24, 2.45) is 5.92 Å². The SMILES string of the molecule is O=C(CC1CCNC1)NC1CCN2CCCCC12. The fraction of sp³-hybridized carbons (Fsp3) is 0.929. The van der Waals surface area contributed by atoms with Gasteiger partial charge in [0, 0.05) is 25.0 Å². The lowest BCUT2D eigenvalue weighted by Crippen LogP contribution is -2.47. The van der Waals surface area contributed by atoms with E-state index in [9.17, 15) is 4.79 Å². The zero-order chi connectivity index (χ0) is 12.4. The summed E-state index contributed by atoms with van der Waals surface area (Å²) >= 11 is 0. The van der Waals surface area contributed by atoms with Gasteiger partial charge in [-0.2, -0.15) is 0 Å². The van der Waals surface area contributed by atoms with Gasteiger partial charge in [0.05, 0.1) is 0 Å². The van der Waals surface area contributed by atoms with Crippen molar-refractivity contribution in [2.75, 3.05) is 26.2 Å². The van der Waals surface area contributed by atoms with Crippen LogP contribution in [0.1, 0.15) is 38.5 Å². The minimum Gasteiger partial charge on any atom is -0.352 e. The minimum absolute atomic E-state index is 0.279. The van der Waals surface area contributed by atoms with Crippen molar-refractivity contribution in [3.05, 3.63) is 0 Å². The average molecular weight is 251 g/mol. The number of carbonyl (C=O) groups is 1. The van der Waals surface area contributed by atoms with Gasteiger partial charge in [-0.15, -0.1) is 0 Å². The Balaban J connectivity index is 1.48. The molecule has 3 aliphatic heterocycles. The molecule has 3 fully saturated rings. The van der Waals surface area contributed by atoms with Gasteiger partial charge in [0.15, 0.2) is 0 Å². The van der Waals surface area contributed by atoms with E-state index < -0.39 is 0 Å². The number of hydrogen-bond acceptors (Lipinski definition) is 3. The molecule has 0 radical (unpaired) electrons. The number of nitrogens with zero attached hydrogens (tertiary/aromatic N) is 1. The van der Waals surface area contributed by atoms with Crippen LogP contribution in [0.4, 0.5) is 0 Å². The van der Waals surface area contributed by atoms with Crippen molar-refractivity contribution < 1.29 is 4.79 Å². The van der Waals surface area contributed by atoms with E-state index >= 15 is 0 Å². The topological polar surface area (TPSA) is 44.4 Å². The van der Waals surface area contributed by atoms with Crippen molar-refractivity contribution in [1.29, 1.82) is 0 Å². The number of hydrogen-bond donors (Lipinski definition) is 2. The normalized spacial score (nSPS) is 36.6. The molecule has 0 aromatic carbocycles. The molecule has 18 heavy (non-hydrogen) atoms. The van der Waals surface area contributed by atoms with Crippen LogP contribution in [-0.4, -0.2) is 49.1 Å². The predicted octanol–water partition coefficient (Wildman–Crippen LogP) is 0.729. The Bertz CT molecular complexity index is 301. The van der Waals surface area contributed by atoms with E-state index in [-0.39, 0.29) is 5.91 Å². The lowest BCUT2D eigenvalue weighted by atomic mass is 9.98. The highest BCUT2D eigenvalue weighted by Gasteiger charge is 2.36. The Kier molecular flexibility index (Phi) is 3.85. The molecular formula is C14H25N3O. The smallest absolute Gasteiger partial charge is 0.220 e. The second-order valence-corrected chi connectivity index (χ2v) is 6.12. The van der Waals surface area contributed by atoms with Crippen molar-refractivity contribution >= 4 is 5.91 Å². The number of fused-ring (bicyclic) bond motifs is 1. The Morgan fingerprint density at radius 3 is 3.00 bits per heavy atom. The van der Waals surface area contributed by atoms with E-state index in [0.29, 0.717) is 18.0 Å². The third-order valence-corrected chi connectivity index (χ3v) is 4.84. The zero-order valence-corrected chi connectivity index (χ0v) is 11.2. The molecular weight excluding hydrogens is 226 g/mol. The van der Waals surface area contributed by atoms with Crippen LogP contribution in [0.3, 0.4) is 0 Å². The standard InChI is InChI=1S/C14H25N3O/c18-14(9-11-4-6-15-10-11)16-12-5-8-17-7-2-1-3-13(12)17/h11-13,15H,1-10H2,(H,16,18). The fourth-order valence-corrected chi connectivity index (χ4v) is 3.83. The average Bonchev–Trinajstić information content (AvgIpc) is 3.00. The number of piperidine rings is 1. The first kappa shape index (κ1) is 12.4. The largest absolute Gasteiger partial charge is 0.352 e. The van der Waals surface area contributed by atoms with Crippen molar-refractivity contribution in [2.45, 2.75) is 50.6 Å². The van der Waals surface area contributed by atoms with Gasteiger partial charge in [0.1, 0.15) is 0 Å². The Labute approximate surface area is 109 Å². The molecule has 0 aliphatic carbocycles. The molecule has 0 spiro atoms. The quantitative estimate of drug-likeness (QED) is 0.777. The van der Waals surface area contributed by atoms with Crippen LogP contribution in [0.2, 0.25) is 0 Å². The summed E-state index contributed by atoms with van der Waals surface area (Å²) in [4.78, 5) is 14.6. The number of nitrogens with one attached hydrogen (secondary N) is 2. The van der Waals surface area contributed by atoms with E-state index in [4.69, 9.17) is 0 Å². The highest BCUT2D eigenvalue weighted by atomic mass is 16.1. The lowest BCUT2D eigenvalue weighted by molar-refractivity contribution is -0.122. The highest BCUT2D eigenvalue weighted by molar-refractivity contribution is 5.76. The van der Waals surface area contributed by atoms with Gasteiger partial charge in [-0.3, -0.25) is 9.69 Å². The first-order valence-electron chi connectivity index (χ1n) is 7.57. The molecule has 4 nitrogen and oxygen atoms in total. The van der Waals surface area contributed by atoms with E-state index in [2.05, 4.69) is 15.5 Å². The van der Waals surface area contributed by atoms with Gasteiger partial charge in [-0.1, -0.05) is 6.42 Å². The Morgan fingerprint density at radius 2 is 2.17 bits per heavy atom. The molecule has 3 rings (SSSR count). The summed E-state index contributed by atoms with van der Waals surface area (Å²) in [6.45, 7) is 4.52. The van der Waals surface area contributed by atoms with Crippen molar-refractivity contribution in [3.8, 4) is 0 Å². The maximum Gasteiger partial charge on any atom is 0.220 e. The molecule has 0 bridgehead atoms. The van der Waals surface area contributed by atoms with Gasteiger partial charge in [0.2, 0.25) is 5.91 Å². The third-order valence-electron chi connectivity index (χ3n) is 4.84. The fourth-order valence-electron chi connectivity index (χ4n) is 3.83. The van der Waals surface area contributed by atoms with E-state index in [1.54, 1.807) is 0 Å². The van der Waals surface area contributed by atoms with Crippen molar-refractivity contribution in [1.82, 2.24) is 15.5 Å². The number of carbonyl (C=O) groups excluding carboxylic acids is 1. The van der Waals surface area contributed by atoms with Crippen LogP contribution >= 0.6 is 0 Å². The molecule has 3 unspecified atom stereocenters. The van der Waals surface area contributed by atoms with Gasteiger partial charge < -0.3 is 10.6 Å². The second-order valence-electron chi connectivity index (χ2n) is 6.12. The van der Waals surface area contributed by atoms with Gasteiger partial charge in [0.25, 0.3) is 0 Å². The van der Waals surface area contributed by atoms with Gasteiger partial charge in [-0.05, 0) is 51.2 Å². The monoisotopic (exact) mass is 251 g/mol. The maximum atomic E-state index is 12.1. The summed E-state index contributed by atoms with van der Waals surface area (Å²) in [6, 6.07) is 1.05. The molecule has 4 heteroatoms. The minimum atomic E-state index is 0.279. The van der Waals surface area contributed by atoms with Crippen LogP contribution in [-0.2, 0) is 4.79 Å². The maximum absolute atomic E-state index is 12.1. The van der Waals surface area contributed by atoms with Crippen molar-refractivity contribution in [3.63, 3.8) is 0 Å². The summed E-state index contributed by atoms with van der Waals surface area (Å²) in [6.07, 6.45) is 6.98. The van der Waals surface area contributed by atoms with Crippen LogP contribution < -0.4 is 10.6 Å². The number of rotatable bonds is 3. The molecule has 3 saturated heterocycles. The lowest BCUT2D eigenvalue weighted by Gasteiger charge is -2.32. The Morgan fingerprint density at radius 1 is 1.22 bits per heavy atom. The summed E-state index contributed by atoms with van der Waals surface area (Å²) in [5.74, 6) is 0.843. The molecule has 102 valence electrons. The van der Waals surface area contributed by atoms with Crippen LogP contribution in [0.15, 0.2) is 0 Å². The molecule has 0 aromatic rings. The first-order valence-corrected chi connectivity index (χ1v) is 7.57. The molecule has 3 atom stereocenters. The van der Waals surface area contributed by atoms with Crippen LogP contribution in [0.5, 0.6) is 0 Å². The zero-order valence-electron chi connectivity index (χ0n) is 11.2. The number of amides is 1. The van der Waals surface area contributed by atoms with Crippen LogP contribution in [0, 0.1) is 5.92 Å². The molecule has 2 N–H and O–H groups in total. The van der Waals surface area contributed by atoms with E-state index in [0.717, 1.165) is 32.4 Å². The van der Waals surface area contributed by atoms with Crippen LogP contribution in [0.25, 0.3) is 0 Å². The second kappa shape index (κ2) is 5.57. The first-order chi connectivity index (χ1) is 8.83. The summed E-state index contributed by atoms with van der Waals surface area (Å²) < 4.78 is 0. The van der Waals surface area contributed by atoms with Gasteiger partial charge >= 0.3 is 0 Å². The van der Waals surface area contributed by atoms with E-state index in [1.165, 1.54) is 32.4 Å². The molecule has 0 saturated carbocycles. The molecule has 3 heterocycles.